The van der Waals surface area contributed by atoms with Crippen LogP contribution in [0.3, 0.4) is 0 Å². The third-order valence-corrected chi connectivity index (χ3v) is 3.43. The third kappa shape index (κ3) is 7.11. The molecular formula is C17H28O4. The Labute approximate surface area is 128 Å². The maximum absolute atomic E-state index is 11.8. The zero-order valence-electron chi connectivity index (χ0n) is 13.8. The summed E-state index contributed by atoms with van der Waals surface area (Å²) >= 11 is 0. The third-order valence-electron chi connectivity index (χ3n) is 3.43. The van der Waals surface area contributed by atoms with Gasteiger partial charge in [0.25, 0.3) is 0 Å². The topological polar surface area (TPSA) is 52.6 Å². The first-order valence-electron chi connectivity index (χ1n) is 7.49. The summed E-state index contributed by atoms with van der Waals surface area (Å²) in [6.45, 7) is 14.7. The van der Waals surface area contributed by atoms with Gasteiger partial charge in [0.15, 0.2) is 0 Å². The van der Waals surface area contributed by atoms with Crippen LogP contribution in [0.25, 0.3) is 0 Å². The Bertz CT molecular complexity index is 398. The average Bonchev–Trinajstić information content (AvgIpc) is 2.43. The lowest BCUT2D eigenvalue weighted by Crippen LogP contribution is -2.36. The molecule has 0 aromatic rings. The molecule has 1 unspecified atom stereocenters. The highest BCUT2D eigenvalue weighted by Gasteiger charge is 2.32. The molecule has 0 aliphatic rings. The van der Waals surface area contributed by atoms with E-state index in [1.165, 1.54) is 0 Å². The van der Waals surface area contributed by atoms with E-state index >= 15 is 0 Å². The van der Waals surface area contributed by atoms with E-state index in [2.05, 4.69) is 20.1 Å². The summed E-state index contributed by atoms with van der Waals surface area (Å²) in [5.74, 6) is -0.805. The summed E-state index contributed by atoms with van der Waals surface area (Å²) in [4.78, 5) is 23.3. The van der Waals surface area contributed by atoms with Crippen molar-refractivity contribution >= 4 is 11.9 Å². The maximum atomic E-state index is 11.8. The van der Waals surface area contributed by atoms with Crippen molar-refractivity contribution in [1.29, 1.82) is 0 Å². The Morgan fingerprint density at radius 1 is 1.00 bits per heavy atom. The van der Waals surface area contributed by atoms with Gasteiger partial charge < -0.3 is 9.47 Å². The Morgan fingerprint density at radius 3 is 2.00 bits per heavy atom. The second-order valence-corrected chi connectivity index (χ2v) is 5.48. The van der Waals surface area contributed by atoms with Gasteiger partial charge in [-0.25, -0.2) is 9.59 Å². The average molecular weight is 296 g/mol. The number of esters is 2. The maximum Gasteiger partial charge on any atom is 0.333 e. The van der Waals surface area contributed by atoms with Crippen molar-refractivity contribution in [1.82, 2.24) is 0 Å². The largest absolute Gasteiger partial charge is 0.462 e. The molecule has 0 amide bonds. The van der Waals surface area contributed by atoms with Gasteiger partial charge in [0.05, 0.1) is 6.61 Å². The Hall–Kier alpha value is -1.58. The number of carbonyl (C=O) groups is 2. The van der Waals surface area contributed by atoms with Crippen molar-refractivity contribution in [2.75, 3.05) is 6.61 Å². The van der Waals surface area contributed by atoms with Crippen molar-refractivity contribution in [2.45, 2.75) is 65.4 Å². The molecule has 21 heavy (non-hydrogen) atoms. The van der Waals surface area contributed by atoms with E-state index in [4.69, 9.17) is 9.47 Å². The van der Waals surface area contributed by atoms with Crippen LogP contribution in [-0.2, 0) is 19.1 Å². The minimum Gasteiger partial charge on any atom is -0.462 e. The first-order valence-corrected chi connectivity index (χ1v) is 7.49. The van der Waals surface area contributed by atoms with Gasteiger partial charge >= 0.3 is 11.9 Å². The van der Waals surface area contributed by atoms with Crippen LogP contribution in [0.4, 0.5) is 0 Å². The number of ether oxygens (including phenoxy) is 2. The van der Waals surface area contributed by atoms with E-state index in [0.717, 1.165) is 19.3 Å². The molecule has 0 aromatic carbocycles. The molecule has 0 saturated heterocycles. The summed E-state index contributed by atoms with van der Waals surface area (Å²) in [5, 5.41) is 0. The number of rotatable bonds is 10. The summed E-state index contributed by atoms with van der Waals surface area (Å²) in [6.07, 6.45) is 3.88. The molecule has 0 aromatic heterocycles. The van der Waals surface area contributed by atoms with E-state index in [1.807, 2.05) is 6.92 Å². The number of unbranched alkanes of at least 4 members (excludes halogenated alkanes) is 1. The first kappa shape index (κ1) is 19.4. The Kier molecular flexibility index (Phi) is 8.67. The zero-order chi connectivity index (χ0) is 16.5. The molecule has 0 radical (unpaired) electrons. The highest BCUT2D eigenvalue weighted by Crippen LogP contribution is 2.28. The van der Waals surface area contributed by atoms with Crippen LogP contribution in [0.2, 0.25) is 0 Å². The number of carbonyl (C=O) groups excluding carboxylic acids is 2. The van der Waals surface area contributed by atoms with Crippen molar-refractivity contribution in [3.63, 3.8) is 0 Å². The Morgan fingerprint density at radius 2 is 1.57 bits per heavy atom. The Balaban J connectivity index is 4.77. The van der Waals surface area contributed by atoms with E-state index < -0.39 is 11.6 Å². The van der Waals surface area contributed by atoms with Gasteiger partial charge in [0.1, 0.15) is 5.60 Å². The molecule has 0 spiro atoms. The van der Waals surface area contributed by atoms with Gasteiger partial charge in [-0.15, -0.1) is 0 Å². The standard InChI is InChI=1S/C17H28O4/c1-7-9-10-17(8-2,21-16(19)14(5)6)11-12-20-15(18)13(3)4/h3,5,7-12H2,1-2,4,6H3. The normalized spacial score (nSPS) is 13.1. The first-order chi connectivity index (χ1) is 9.78. The summed E-state index contributed by atoms with van der Waals surface area (Å²) in [7, 11) is 0. The van der Waals surface area contributed by atoms with Crippen LogP contribution in [-0.4, -0.2) is 24.1 Å². The van der Waals surface area contributed by atoms with Gasteiger partial charge in [-0.1, -0.05) is 33.4 Å². The number of hydrogen-bond donors (Lipinski definition) is 0. The van der Waals surface area contributed by atoms with Crippen LogP contribution in [0, 0.1) is 0 Å². The van der Waals surface area contributed by atoms with Gasteiger partial charge in [0, 0.05) is 17.6 Å². The lowest BCUT2D eigenvalue weighted by Gasteiger charge is -2.32. The monoisotopic (exact) mass is 296 g/mol. The summed E-state index contributed by atoms with van der Waals surface area (Å²) in [6, 6.07) is 0. The fourth-order valence-corrected chi connectivity index (χ4v) is 1.89. The minimum atomic E-state index is -0.596. The molecule has 0 fully saturated rings. The van der Waals surface area contributed by atoms with Crippen LogP contribution < -0.4 is 0 Å². The fraction of sp³-hybridized carbons (Fsp3) is 0.647. The van der Waals surface area contributed by atoms with Gasteiger partial charge in [0.2, 0.25) is 0 Å². The molecule has 0 aliphatic heterocycles. The second-order valence-electron chi connectivity index (χ2n) is 5.48. The second kappa shape index (κ2) is 9.37. The van der Waals surface area contributed by atoms with Crippen LogP contribution in [0.15, 0.2) is 24.3 Å². The van der Waals surface area contributed by atoms with Crippen LogP contribution >= 0.6 is 0 Å². The highest BCUT2D eigenvalue weighted by molar-refractivity contribution is 5.87. The quantitative estimate of drug-likeness (QED) is 0.452. The van der Waals surface area contributed by atoms with E-state index in [1.54, 1.807) is 13.8 Å². The summed E-state index contributed by atoms with van der Waals surface area (Å²) in [5.41, 5.74) is 0.148. The molecule has 0 N–H and O–H groups in total. The zero-order valence-corrected chi connectivity index (χ0v) is 13.8. The smallest absolute Gasteiger partial charge is 0.333 e. The van der Waals surface area contributed by atoms with E-state index in [-0.39, 0.29) is 12.6 Å². The molecule has 0 bridgehead atoms. The van der Waals surface area contributed by atoms with Gasteiger partial charge in [-0.05, 0) is 33.1 Å². The van der Waals surface area contributed by atoms with E-state index in [0.29, 0.717) is 24.0 Å². The molecule has 0 saturated carbocycles. The molecule has 4 heteroatoms. The predicted octanol–water partition coefficient (Wildman–Crippen LogP) is 3.95. The lowest BCUT2D eigenvalue weighted by molar-refractivity contribution is -0.159. The van der Waals surface area contributed by atoms with Crippen LogP contribution in [0.1, 0.15) is 59.8 Å². The molecule has 0 heterocycles. The molecule has 120 valence electrons. The number of hydrogen-bond acceptors (Lipinski definition) is 4. The molecule has 0 rings (SSSR count). The van der Waals surface area contributed by atoms with Crippen molar-refractivity contribution in [3.8, 4) is 0 Å². The van der Waals surface area contributed by atoms with Gasteiger partial charge in [-0.2, -0.15) is 0 Å². The van der Waals surface area contributed by atoms with E-state index in [9.17, 15) is 9.59 Å². The molecular weight excluding hydrogens is 268 g/mol. The van der Waals surface area contributed by atoms with Crippen LogP contribution in [0.5, 0.6) is 0 Å². The predicted molar refractivity (Wildman–Crippen MR) is 83.8 cm³/mol. The fourth-order valence-electron chi connectivity index (χ4n) is 1.89. The molecule has 4 nitrogen and oxygen atoms in total. The highest BCUT2D eigenvalue weighted by atomic mass is 16.6. The molecule has 1 atom stereocenters. The van der Waals surface area contributed by atoms with Crippen molar-refractivity contribution < 1.29 is 19.1 Å². The van der Waals surface area contributed by atoms with Crippen molar-refractivity contribution in [2.24, 2.45) is 0 Å². The summed E-state index contributed by atoms with van der Waals surface area (Å²) < 4.78 is 10.8. The van der Waals surface area contributed by atoms with Crippen molar-refractivity contribution in [3.05, 3.63) is 24.3 Å². The molecule has 0 aliphatic carbocycles. The lowest BCUT2D eigenvalue weighted by atomic mass is 9.90. The minimum absolute atomic E-state index is 0.215. The van der Waals surface area contributed by atoms with Gasteiger partial charge in [-0.3, -0.25) is 0 Å². The SMILES string of the molecule is C=C(C)C(=O)OCCC(CC)(CCCC)OC(=O)C(=C)C.